The molecule has 1 rings (SSSR count). The number of rotatable bonds is 5. The molecule has 0 radical (unpaired) electrons. The van der Waals surface area contributed by atoms with Crippen LogP contribution in [0.4, 0.5) is 0 Å². The number of nitrogens with two attached hydrogens (primary N) is 1. The van der Waals surface area contributed by atoms with Crippen molar-refractivity contribution in [3.8, 4) is 5.75 Å². The summed E-state index contributed by atoms with van der Waals surface area (Å²) in [7, 11) is 1.62. The largest absolute Gasteiger partial charge is 0.493 e. The van der Waals surface area contributed by atoms with Gasteiger partial charge in [0.1, 0.15) is 5.75 Å². The van der Waals surface area contributed by atoms with Crippen LogP contribution in [0.2, 0.25) is 0 Å². The maximum atomic E-state index is 11.0. The Balaban J connectivity index is 2.57. The van der Waals surface area contributed by atoms with Crippen molar-refractivity contribution in [3.05, 3.63) is 29.3 Å². The van der Waals surface area contributed by atoms with Crippen LogP contribution in [0.15, 0.2) is 18.2 Å². The van der Waals surface area contributed by atoms with Gasteiger partial charge in [-0.05, 0) is 31.0 Å². The average molecular weight is 236 g/mol. The Morgan fingerprint density at radius 1 is 1.53 bits per heavy atom. The Labute approximate surface area is 102 Å². The zero-order valence-electron chi connectivity index (χ0n) is 10.6. The average Bonchev–Trinajstić information content (AvgIpc) is 2.30. The van der Waals surface area contributed by atoms with Crippen LogP contribution in [0.1, 0.15) is 30.5 Å². The monoisotopic (exact) mass is 236 g/mol. The fourth-order valence-electron chi connectivity index (χ4n) is 1.50. The second kappa shape index (κ2) is 6.25. The molecule has 0 aromatic heterocycles. The first-order valence-electron chi connectivity index (χ1n) is 5.74. The predicted octanol–water partition coefficient (Wildman–Crippen LogP) is 1.53. The van der Waals surface area contributed by atoms with Crippen LogP contribution in [0.3, 0.4) is 0 Å². The molecule has 0 heterocycles. The van der Waals surface area contributed by atoms with Gasteiger partial charge in [0, 0.05) is 13.1 Å². The SMILES string of the molecule is CNC(=O)CCOc1ccc(C(C)N)cc1C. The van der Waals surface area contributed by atoms with Crippen LogP contribution in [-0.4, -0.2) is 19.6 Å². The van der Waals surface area contributed by atoms with Crippen molar-refractivity contribution in [2.75, 3.05) is 13.7 Å². The van der Waals surface area contributed by atoms with Crippen molar-refractivity contribution < 1.29 is 9.53 Å². The van der Waals surface area contributed by atoms with Crippen molar-refractivity contribution in [1.82, 2.24) is 5.32 Å². The molecule has 0 saturated carbocycles. The minimum Gasteiger partial charge on any atom is -0.493 e. The van der Waals surface area contributed by atoms with E-state index in [4.69, 9.17) is 10.5 Å². The Morgan fingerprint density at radius 2 is 2.24 bits per heavy atom. The van der Waals surface area contributed by atoms with Gasteiger partial charge in [0.25, 0.3) is 0 Å². The van der Waals surface area contributed by atoms with Gasteiger partial charge in [0.05, 0.1) is 13.0 Å². The van der Waals surface area contributed by atoms with Crippen LogP contribution < -0.4 is 15.8 Å². The van der Waals surface area contributed by atoms with Gasteiger partial charge in [-0.15, -0.1) is 0 Å². The highest BCUT2D eigenvalue weighted by Crippen LogP contribution is 2.21. The zero-order valence-corrected chi connectivity index (χ0v) is 10.6. The molecule has 1 amide bonds. The number of carbonyl (C=O) groups excluding carboxylic acids is 1. The van der Waals surface area contributed by atoms with Crippen molar-refractivity contribution in [1.29, 1.82) is 0 Å². The summed E-state index contributed by atoms with van der Waals surface area (Å²) in [6, 6.07) is 5.89. The first-order chi connectivity index (χ1) is 8.04. The Morgan fingerprint density at radius 3 is 2.76 bits per heavy atom. The summed E-state index contributed by atoms with van der Waals surface area (Å²) in [5, 5.41) is 2.55. The van der Waals surface area contributed by atoms with E-state index < -0.39 is 0 Å². The maximum Gasteiger partial charge on any atom is 0.223 e. The Hall–Kier alpha value is -1.55. The van der Waals surface area contributed by atoms with E-state index in [0.29, 0.717) is 13.0 Å². The third-order valence-electron chi connectivity index (χ3n) is 2.59. The number of hydrogen-bond acceptors (Lipinski definition) is 3. The summed E-state index contributed by atoms with van der Waals surface area (Å²) in [5.41, 5.74) is 7.92. The van der Waals surface area contributed by atoms with E-state index in [2.05, 4.69) is 5.32 Å². The van der Waals surface area contributed by atoms with Crippen molar-refractivity contribution >= 4 is 5.91 Å². The molecule has 1 unspecified atom stereocenters. The lowest BCUT2D eigenvalue weighted by molar-refractivity contribution is -0.121. The van der Waals surface area contributed by atoms with Crippen LogP contribution >= 0.6 is 0 Å². The first-order valence-corrected chi connectivity index (χ1v) is 5.74. The Bertz CT molecular complexity index is 389. The van der Waals surface area contributed by atoms with Gasteiger partial charge >= 0.3 is 0 Å². The first kappa shape index (κ1) is 13.5. The van der Waals surface area contributed by atoms with E-state index in [-0.39, 0.29) is 11.9 Å². The van der Waals surface area contributed by atoms with E-state index >= 15 is 0 Å². The molecule has 94 valence electrons. The number of amides is 1. The number of hydrogen-bond donors (Lipinski definition) is 2. The van der Waals surface area contributed by atoms with Crippen LogP contribution in [0, 0.1) is 6.92 Å². The minimum absolute atomic E-state index is 0.0187. The van der Waals surface area contributed by atoms with Crippen molar-refractivity contribution in [2.45, 2.75) is 26.3 Å². The zero-order chi connectivity index (χ0) is 12.8. The van der Waals surface area contributed by atoms with E-state index in [1.165, 1.54) is 0 Å². The summed E-state index contributed by atoms with van der Waals surface area (Å²) in [6.45, 7) is 4.31. The topological polar surface area (TPSA) is 64.3 Å². The van der Waals surface area contributed by atoms with Gasteiger partial charge < -0.3 is 15.8 Å². The second-order valence-electron chi connectivity index (χ2n) is 4.09. The van der Waals surface area contributed by atoms with Crippen molar-refractivity contribution in [3.63, 3.8) is 0 Å². The lowest BCUT2D eigenvalue weighted by atomic mass is 10.1. The molecular formula is C13H20N2O2. The smallest absolute Gasteiger partial charge is 0.223 e. The number of nitrogens with one attached hydrogen (secondary N) is 1. The molecule has 0 aliphatic rings. The number of aryl methyl sites for hydroxylation is 1. The quantitative estimate of drug-likeness (QED) is 0.815. The van der Waals surface area contributed by atoms with Gasteiger partial charge in [-0.3, -0.25) is 4.79 Å². The van der Waals surface area contributed by atoms with Gasteiger partial charge in [0.15, 0.2) is 0 Å². The normalized spacial score (nSPS) is 12.0. The fourth-order valence-corrected chi connectivity index (χ4v) is 1.50. The number of carbonyl (C=O) groups is 1. The van der Waals surface area contributed by atoms with Crippen LogP contribution in [-0.2, 0) is 4.79 Å². The molecule has 1 aromatic rings. The molecule has 3 N–H and O–H groups in total. The molecule has 4 heteroatoms. The summed E-state index contributed by atoms with van der Waals surface area (Å²) in [4.78, 5) is 11.0. The molecule has 17 heavy (non-hydrogen) atoms. The van der Waals surface area contributed by atoms with E-state index in [0.717, 1.165) is 16.9 Å². The standard InChI is InChI=1S/C13H20N2O2/c1-9-8-11(10(2)14)4-5-12(9)17-7-6-13(16)15-3/h4-5,8,10H,6-7,14H2,1-3H3,(H,15,16). The molecule has 0 fully saturated rings. The lowest BCUT2D eigenvalue weighted by Gasteiger charge is -2.12. The van der Waals surface area contributed by atoms with Gasteiger partial charge in [-0.2, -0.15) is 0 Å². The van der Waals surface area contributed by atoms with Gasteiger partial charge in [-0.25, -0.2) is 0 Å². The molecule has 0 saturated heterocycles. The molecule has 1 aromatic carbocycles. The summed E-state index contributed by atoms with van der Waals surface area (Å²) < 4.78 is 5.54. The number of benzene rings is 1. The third kappa shape index (κ3) is 4.07. The van der Waals surface area contributed by atoms with Crippen LogP contribution in [0.25, 0.3) is 0 Å². The highest BCUT2D eigenvalue weighted by molar-refractivity contribution is 5.75. The molecule has 4 nitrogen and oxygen atoms in total. The number of ether oxygens (including phenoxy) is 1. The highest BCUT2D eigenvalue weighted by Gasteiger charge is 2.05. The minimum atomic E-state index is -0.0187. The summed E-state index contributed by atoms with van der Waals surface area (Å²) >= 11 is 0. The van der Waals surface area contributed by atoms with E-state index in [1.54, 1.807) is 7.05 Å². The molecule has 1 atom stereocenters. The lowest BCUT2D eigenvalue weighted by Crippen LogP contribution is -2.20. The highest BCUT2D eigenvalue weighted by atomic mass is 16.5. The summed E-state index contributed by atoms with van der Waals surface area (Å²) in [6.07, 6.45) is 0.366. The molecule has 0 spiro atoms. The second-order valence-corrected chi connectivity index (χ2v) is 4.09. The van der Waals surface area contributed by atoms with Gasteiger partial charge in [-0.1, -0.05) is 12.1 Å². The molecule has 0 aliphatic heterocycles. The van der Waals surface area contributed by atoms with E-state index in [1.807, 2.05) is 32.0 Å². The Kier molecular flexibility index (Phi) is 4.97. The van der Waals surface area contributed by atoms with E-state index in [9.17, 15) is 4.79 Å². The molecular weight excluding hydrogens is 216 g/mol. The molecule has 0 aliphatic carbocycles. The molecule has 0 bridgehead atoms. The van der Waals surface area contributed by atoms with Crippen LogP contribution in [0.5, 0.6) is 5.75 Å². The summed E-state index contributed by atoms with van der Waals surface area (Å²) in [5.74, 6) is 0.785. The van der Waals surface area contributed by atoms with Crippen molar-refractivity contribution in [2.24, 2.45) is 5.73 Å². The third-order valence-corrected chi connectivity index (χ3v) is 2.59. The predicted molar refractivity (Wildman–Crippen MR) is 68.0 cm³/mol. The fraction of sp³-hybridized carbons (Fsp3) is 0.462. The maximum absolute atomic E-state index is 11.0. The van der Waals surface area contributed by atoms with Gasteiger partial charge in [0.2, 0.25) is 5.91 Å².